The quantitative estimate of drug-likeness (QED) is 0.872. The van der Waals surface area contributed by atoms with Crippen LogP contribution in [-0.2, 0) is 13.0 Å². The van der Waals surface area contributed by atoms with Crippen molar-refractivity contribution in [1.82, 2.24) is 9.55 Å². The minimum atomic E-state index is -0.386. The fourth-order valence-corrected chi connectivity index (χ4v) is 2.02. The van der Waals surface area contributed by atoms with Gasteiger partial charge in [0.15, 0.2) is 0 Å². The molecule has 18 heavy (non-hydrogen) atoms. The topological polar surface area (TPSA) is 60.9 Å². The molecular weight excluding hydrogens is 226 g/mol. The van der Waals surface area contributed by atoms with Gasteiger partial charge in [0, 0.05) is 30.9 Å². The maximum absolute atomic E-state index is 11.4. The van der Waals surface area contributed by atoms with Crippen LogP contribution in [0.4, 0.5) is 0 Å². The van der Waals surface area contributed by atoms with Crippen LogP contribution in [-0.4, -0.2) is 15.5 Å². The molecule has 0 radical (unpaired) electrons. The van der Waals surface area contributed by atoms with Crippen molar-refractivity contribution >= 4 is 5.91 Å². The minimum absolute atomic E-state index is 0.386. The number of rotatable bonds is 5. The smallest absolute Gasteiger partial charge is 0.249 e. The molecule has 94 valence electrons. The first-order valence-corrected chi connectivity index (χ1v) is 6.10. The predicted molar refractivity (Wildman–Crippen MR) is 70.3 cm³/mol. The van der Waals surface area contributed by atoms with Gasteiger partial charge in [-0.05, 0) is 18.1 Å². The molecule has 0 saturated carbocycles. The van der Waals surface area contributed by atoms with Crippen LogP contribution in [0.2, 0.25) is 0 Å². The van der Waals surface area contributed by atoms with Gasteiger partial charge in [0.25, 0.3) is 0 Å². The first kappa shape index (κ1) is 12.4. The SMILES string of the molecule is CCCc1nccn1Cc1ccccc1C(N)=O. The molecule has 0 aliphatic heterocycles. The number of nitrogens with two attached hydrogens (primary N) is 1. The van der Waals surface area contributed by atoms with E-state index < -0.39 is 0 Å². The summed E-state index contributed by atoms with van der Waals surface area (Å²) in [6, 6.07) is 7.42. The van der Waals surface area contributed by atoms with Crippen molar-refractivity contribution in [2.75, 3.05) is 0 Å². The Morgan fingerprint density at radius 3 is 2.89 bits per heavy atom. The molecule has 0 saturated heterocycles. The molecule has 1 aromatic heterocycles. The van der Waals surface area contributed by atoms with Crippen LogP contribution in [0.5, 0.6) is 0 Å². The highest BCUT2D eigenvalue weighted by atomic mass is 16.1. The molecule has 0 unspecified atom stereocenters. The third-order valence-electron chi connectivity index (χ3n) is 2.90. The summed E-state index contributed by atoms with van der Waals surface area (Å²) in [5.74, 6) is 0.652. The second-order valence-corrected chi connectivity index (χ2v) is 4.24. The van der Waals surface area contributed by atoms with Crippen molar-refractivity contribution < 1.29 is 4.79 Å². The van der Waals surface area contributed by atoms with Gasteiger partial charge in [0.2, 0.25) is 5.91 Å². The second kappa shape index (κ2) is 5.49. The molecule has 0 fully saturated rings. The van der Waals surface area contributed by atoms with E-state index in [0.717, 1.165) is 24.2 Å². The molecule has 0 aliphatic carbocycles. The van der Waals surface area contributed by atoms with E-state index in [1.165, 1.54) is 0 Å². The number of carbonyl (C=O) groups excluding carboxylic acids is 1. The molecule has 2 aromatic rings. The zero-order chi connectivity index (χ0) is 13.0. The number of imidazole rings is 1. The Balaban J connectivity index is 2.28. The molecule has 0 aliphatic rings. The van der Waals surface area contributed by atoms with Crippen molar-refractivity contribution in [1.29, 1.82) is 0 Å². The number of benzene rings is 1. The summed E-state index contributed by atoms with van der Waals surface area (Å²) in [6.07, 6.45) is 5.71. The lowest BCUT2D eigenvalue weighted by molar-refractivity contribution is 0.0999. The summed E-state index contributed by atoms with van der Waals surface area (Å²) in [7, 11) is 0. The zero-order valence-electron chi connectivity index (χ0n) is 10.5. The number of primary amides is 1. The number of aromatic nitrogens is 2. The van der Waals surface area contributed by atoms with Crippen molar-refractivity contribution in [3.05, 3.63) is 53.6 Å². The molecule has 0 bridgehead atoms. The molecule has 1 amide bonds. The van der Waals surface area contributed by atoms with Crippen molar-refractivity contribution in [3.63, 3.8) is 0 Å². The van der Waals surface area contributed by atoms with Crippen LogP contribution in [0, 0.1) is 0 Å². The Hall–Kier alpha value is -2.10. The molecular formula is C14H17N3O. The number of amides is 1. The van der Waals surface area contributed by atoms with Gasteiger partial charge in [-0.15, -0.1) is 0 Å². The van der Waals surface area contributed by atoms with Crippen LogP contribution >= 0.6 is 0 Å². The fourth-order valence-electron chi connectivity index (χ4n) is 2.02. The van der Waals surface area contributed by atoms with E-state index in [1.54, 1.807) is 12.3 Å². The van der Waals surface area contributed by atoms with Gasteiger partial charge in [-0.2, -0.15) is 0 Å². The largest absolute Gasteiger partial charge is 0.366 e. The van der Waals surface area contributed by atoms with E-state index in [-0.39, 0.29) is 5.91 Å². The van der Waals surface area contributed by atoms with E-state index in [0.29, 0.717) is 12.1 Å². The van der Waals surface area contributed by atoms with Crippen LogP contribution in [0.3, 0.4) is 0 Å². The zero-order valence-corrected chi connectivity index (χ0v) is 10.5. The standard InChI is InChI=1S/C14H17N3O/c1-2-5-13-16-8-9-17(13)10-11-6-3-4-7-12(11)14(15)18/h3-4,6-9H,2,5,10H2,1H3,(H2,15,18). The maximum atomic E-state index is 11.4. The third kappa shape index (κ3) is 2.59. The number of hydrogen-bond donors (Lipinski definition) is 1. The summed E-state index contributed by atoms with van der Waals surface area (Å²) in [4.78, 5) is 15.7. The number of hydrogen-bond acceptors (Lipinski definition) is 2. The Morgan fingerprint density at radius 1 is 1.39 bits per heavy atom. The molecule has 4 nitrogen and oxygen atoms in total. The summed E-state index contributed by atoms with van der Waals surface area (Å²) >= 11 is 0. The van der Waals surface area contributed by atoms with E-state index in [1.807, 2.05) is 24.4 Å². The first-order chi connectivity index (χ1) is 8.72. The second-order valence-electron chi connectivity index (χ2n) is 4.24. The van der Waals surface area contributed by atoms with Crippen molar-refractivity contribution in [3.8, 4) is 0 Å². The number of nitrogens with zero attached hydrogens (tertiary/aromatic N) is 2. The molecule has 2 rings (SSSR count). The molecule has 0 atom stereocenters. The van der Waals surface area contributed by atoms with Crippen LogP contribution in [0.25, 0.3) is 0 Å². The van der Waals surface area contributed by atoms with Crippen LogP contribution in [0.15, 0.2) is 36.7 Å². The molecule has 4 heteroatoms. The highest BCUT2D eigenvalue weighted by Gasteiger charge is 2.09. The normalized spacial score (nSPS) is 10.5. The van der Waals surface area contributed by atoms with Gasteiger partial charge < -0.3 is 10.3 Å². The van der Waals surface area contributed by atoms with E-state index in [4.69, 9.17) is 5.73 Å². The highest BCUT2D eigenvalue weighted by Crippen LogP contribution is 2.12. The van der Waals surface area contributed by atoms with Gasteiger partial charge in [-0.3, -0.25) is 4.79 Å². The van der Waals surface area contributed by atoms with Gasteiger partial charge in [-0.25, -0.2) is 4.98 Å². The first-order valence-electron chi connectivity index (χ1n) is 6.10. The Labute approximate surface area is 106 Å². The Kier molecular flexibility index (Phi) is 3.77. The van der Waals surface area contributed by atoms with Crippen molar-refractivity contribution in [2.24, 2.45) is 5.73 Å². The van der Waals surface area contributed by atoms with Crippen LogP contribution in [0.1, 0.15) is 35.1 Å². The molecule has 2 N–H and O–H groups in total. The monoisotopic (exact) mass is 243 g/mol. The minimum Gasteiger partial charge on any atom is -0.366 e. The Morgan fingerprint density at radius 2 is 2.17 bits per heavy atom. The van der Waals surface area contributed by atoms with Gasteiger partial charge in [0.05, 0.1) is 0 Å². The van der Waals surface area contributed by atoms with E-state index in [2.05, 4.69) is 16.5 Å². The van der Waals surface area contributed by atoms with Gasteiger partial charge in [0.1, 0.15) is 5.82 Å². The average molecular weight is 243 g/mol. The van der Waals surface area contributed by atoms with E-state index >= 15 is 0 Å². The summed E-state index contributed by atoms with van der Waals surface area (Å²) in [6.45, 7) is 2.75. The maximum Gasteiger partial charge on any atom is 0.249 e. The lowest BCUT2D eigenvalue weighted by atomic mass is 10.1. The third-order valence-corrected chi connectivity index (χ3v) is 2.90. The molecule has 0 spiro atoms. The molecule has 1 heterocycles. The Bertz CT molecular complexity index is 545. The predicted octanol–water partition coefficient (Wildman–Crippen LogP) is 1.98. The lowest BCUT2D eigenvalue weighted by Crippen LogP contribution is -2.15. The average Bonchev–Trinajstić information content (AvgIpc) is 2.78. The summed E-state index contributed by atoms with van der Waals surface area (Å²) in [5, 5.41) is 0. The van der Waals surface area contributed by atoms with Crippen LogP contribution < -0.4 is 5.73 Å². The summed E-state index contributed by atoms with van der Waals surface area (Å²) < 4.78 is 2.06. The lowest BCUT2D eigenvalue weighted by Gasteiger charge is -2.10. The van der Waals surface area contributed by atoms with Gasteiger partial charge >= 0.3 is 0 Å². The highest BCUT2D eigenvalue weighted by molar-refractivity contribution is 5.94. The number of aryl methyl sites for hydroxylation is 1. The summed E-state index contributed by atoms with van der Waals surface area (Å²) in [5.41, 5.74) is 6.88. The van der Waals surface area contributed by atoms with E-state index in [9.17, 15) is 4.79 Å². The fraction of sp³-hybridized carbons (Fsp3) is 0.286. The van der Waals surface area contributed by atoms with Gasteiger partial charge in [-0.1, -0.05) is 25.1 Å². The van der Waals surface area contributed by atoms with Crippen molar-refractivity contribution in [2.45, 2.75) is 26.3 Å². The molecule has 1 aromatic carbocycles. The number of carbonyl (C=O) groups is 1.